The molecule has 0 amide bonds. The van der Waals surface area contributed by atoms with Crippen molar-refractivity contribution in [3.63, 3.8) is 0 Å². The van der Waals surface area contributed by atoms with Crippen LogP contribution < -0.4 is 0 Å². The Hall–Kier alpha value is 0.669. The zero-order valence-corrected chi connectivity index (χ0v) is 11.5. The second-order valence-electron chi connectivity index (χ2n) is 3.86. The fourth-order valence-electron chi connectivity index (χ4n) is 1.45. The van der Waals surface area contributed by atoms with Crippen LogP contribution >= 0.6 is 7.60 Å². The molecular weight excluding hydrogens is 255 g/mol. The van der Waals surface area contributed by atoms with E-state index in [0.29, 0.717) is 6.42 Å². The fraction of sp³-hybridized carbons (Fsp3) is 1.00. The quantitative estimate of drug-likeness (QED) is 0.386. The molecule has 0 fully saturated rings. The molecule has 0 atom stereocenters. The molecule has 0 aliphatic heterocycles. The largest absolute Gasteiger partial charge is 0.325 e. The molecule has 3 nitrogen and oxygen atoms in total. The summed E-state index contributed by atoms with van der Waals surface area (Å²) in [4.78, 5) is 17.2. The molecule has 2 N–H and O–H groups in total. The fourth-order valence-corrected chi connectivity index (χ4v) is 2.09. The van der Waals surface area contributed by atoms with E-state index in [-0.39, 0.29) is 23.2 Å². The van der Waals surface area contributed by atoms with Crippen molar-refractivity contribution in [1.29, 1.82) is 0 Å². The molecule has 0 aromatic carbocycles. The van der Waals surface area contributed by atoms with E-state index < -0.39 is 7.60 Å². The number of hydrogen-bond donors (Lipinski definition) is 2. The molecule has 0 saturated heterocycles. The predicted octanol–water partition coefficient (Wildman–Crippen LogP) is 3.30. The van der Waals surface area contributed by atoms with Crippen LogP contribution in [0.25, 0.3) is 0 Å². The average Bonchev–Trinajstić information content (AvgIpc) is 2.08. The SMILES string of the molecule is CCCCCCCCCCP(=O)(O)O.[Fe]. The third-order valence-corrected chi connectivity index (χ3v) is 3.20. The normalized spacial score (nSPS) is 11.1. The summed E-state index contributed by atoms with van der Waals surface area (Å²) in [5.74, 6) is 0. The number of rotatable bonds is 9. The first-order valence-corrected chi connectivity index (χ1v) is 7.40. The second-order valence-corrected chi connectivity index (χ2v) is 5.64. The minimum atomic E-state index is -3.73. The van der Waals surface area contributed by atoms with Crippen molar-refractivity contribution in [3.8, 4) is 0 Å². The van der Waals surface area contributed by atoms with Crippen LogP contribution in [0.1, 0.15) is 58.3 Å². The van der Waals surface area contributed by atoms with Gasteiger partial charge in [-0.1, -0.05) is 51.9 Å². The summed E-state index contributed by atoms with van der Waals surface area (Å²) in [7, 11) is -3.73. The number of hydrogen-bond acceptors (Lipinski definition) is 1. The Morgan fingerprint density at radius 3 is 1.67 bits per heavy atom. The van der Waals surface area contributed by atoms with Crippen molar-refractivity contribution in [2.24, 2.45) is 0 Å². The summed E-state index contributed by atoms with van der Waals surface area (Å²) in [6.45, 7) is 2.19. The number of unbranched alkanes of at least 4 members (excludes halogenated alkanes) is 7. The molecule has 0 aliphatic rings. The first-order valence-electron chi connectivity index (χ1n) is 5.61. The van der Waals surface area contributed by atoms with Gasteiger partial charge < -0.3 is 9.79 Å². The summed E-state index contributed by atoms with van der Waals surface area (Å²) < 4.78 is 10.5. The van der Waals surface area contributed by atoms with E-state index in [1.807, 2.05) is 0 Å². The minimum absolute atomic E-state index is 0. The molecule has 15 heavy (non-hydrogen) atoms. The van der Waals surface area contributed by atoms with Crippen LogP contribution in [0, 0.1) is 0 Å². The van der Waals surface area contributed by atoms with Crippen LogP contribution in [-0.4, -0.2) is 15.9 Å². The van der Waals surface area contributed by atoms with Gasteiger partial charge in [0.05, 0.1) is 0 Å². The summed E-state index contributed by atoms with van der Waals surface area (Å²) in [6.07, 6.45) is 9.14. The van der Waals surface area contributed by atoms with Gasteiger partial charge in [0.15, 0.2) is 0 Å². The van der Waals surface area contributed by atoms with E-state index in [2.05, 4.69) is 6.92 Å². The van der Waals surface area contributed by atoms with Crippen LogP contribution in [0.5, 0.6) is 0 Å². The van der Waals surface area contributed by atoms with E-state index in [1.165, 1.54) is 32.1 Å². The predicted molar refractivity (Wildman–Crippen MR) is 59.5 cm³/mol. The maximum absolute atomic E-state index is 10.5. The Balaban J connectivity index is 0. The molecule has 5 heteroatoms. The average molecular weight is 278 g/mol. The zero-order valence-electron chi connectivity index (χ0n) is 9.47. The topological polar surface area (TPSA) is 57.5 Å². The third kappa shape index (κ3) is 17.3. The van der Waals surface area contributed by atoms with E-state index >= 15 is 0 Å². The van der Waals surface area contributed by atoms with Gasteiger partial charge in [0.1, 0.15) is 0 Å². The van der Waals surface area contributed by atoms with Gasteiger partial charge in [0, 0.05) is 23.2 Å². The van der Waals surface area contributed by atoms with Crippen molar-refractivity contribution in [3.05, 3.63) is 0 Å². The van der Waals surface area contributed by atoms with Crippen molar-refractivity contribution in [1.82, 2.24) is 0 Å². The van der Waals surface area contributed by atoms with Crippen LogP contribution in [0.15, 0.2) is 0 Å². The van der Waals surface area contributed by atoms with Gasteiger partial charge in [-0.3, -0.25) is 4.57 Å². The van der Waals surface area contributed by atoms with Gasteiger partial charge >= 0.3 is 7.60 Å². The Labute approximate surface area is 104 Å². The van der Waals surface area contributed by atoms with Crippen LogP contribution in [-0.2, 0) is 21.6 Å². The van der Waals surface area contributed by atoms with Crippen molar-refractivity contribution in [2.75, 3.05) is 6.16 Å². The third-order valence-electron chi connectivity index (χ3n) is 2.30. The van der Waals surface area contributed by atoms with Crippen LogP contribution in [0.4, 0.5) is 0 Å². The summed E-state index contributed by atoms with van der Waals surface area (Å²) in [6, 6.07) is 0. The first kappa shape index (κ1) is 18.0. The van der Waals surface area contributed by atoms with Crippen molar-refractivity contribution < 1.29 is 31.4 Å². The van der Waals surface area contributed by atoms with E-state index in [1.54, 1.807) is 0 Å². The zero-order chi connectivity index (χ0) is 10.9. The van der Waals surface area contributed by atoms with E-state index in [0.717, 1.165) is 12.8 Å². The van der Waals surface area contributed by atoms with Crippen LogP contribution in [0.3, 0.4) is 0 Å². The second kappa shape index (κ2) is 11.2. The summed E-state index contributed by atoms with van der Waals surface area (Å²) >= 11 is 0. The Bertz CT molecular complexity index is 170. The standard InChI is InChI=1S/C10H23O3P.Fe/c1-2-3-4-5-6-7-8-9-10-14(11,12)13;/h2-10H2,1H3,(H2,11,12,13);. The maximum atomic E-state index is 10.5. The monoisotopic (exact) mass is 278 g/mol. The molecule has 0 radical (unpaired) electrons. The van der Waals surface area contributed by atoms with Crippen molar-refractivity contribution >= 4 is 7.60 Å². The van der Waals surface area contributed by atoms with E-state index in [4.69, 9.17) is 9.79 Å². The van der Waals surface area contributed by atoms with Gasteiger partial charge in [-0.05, 0) is 6.42 Å². The maximum Gasteiger partial charge on any atom is 0.325 e. The minimum Gasteiger partial charge on any atom is -0.324 e. The molecule has 94 valence electrons. The smallest absolute Gasteiger partial charge is 0.324 e. The summed E-state index contributed by atoms with van der Waals surface area (Å²) in [5, 5.41) is 0. The van der Waals surface area contributed by atoms with Gasteiger partial charge in [0.25, 0.3) is 0 Å². The molecule has 0 saturated carbocycles. The molecule has 0 bridgehead atoms. The van der Waals surface area contributed by atoms with Gasteiger partial charge in [-0.25, -0.2) is 0 Å². The molecule has 0 unspecified atom stereocenters. The van der Waals surface area contributed by atoms with Gasteiger partial charge in [0.2, 0.25) is 0 Å². The Morgan fingerprint density at radius 2 is 1.27 bits per heavy atom. The first-order chi connectivity index (χ1) is 6.56. The molecule has 0 aliphatic carbocycles. The van der Waals surface area contributed by atoms with Crippen molar-refractivity contribution in [2.45, 2.75) is 58.3 Å². The van der Waals surface area contributed by atoms with Gasteiger partial charge in [-0.15, -0.1) is 0 Å². The molecule has 0 heterocycles. The Morgan fingerprint density at radius 1 is 0.867 bits per heavy atom. The van der Waals surface area contributed by atoms with Gasteiger partial charge in [-0.2, -0.15) is 0 Å². The molecule has 0 aromatic rings. The molecule has 0 spiro atoms. The molecular formula is C10H23FeO3P. The van der Waals surface area contributed by atoms with E-state index in [9.17, 15) is 4.57 Å². The Kier molecular flexibility index (Phi) is 13.4. The summed E-state index contributed by atoms with van der Waals surface area (Å²) in [5.41, 5.74) is 0. The van der Waals surface area contributed by atoms with Crippen LogP contribution in [0.2, 0.25) is 0 Å². The molecule has 0 rings (SSSR count). The molecule has 0 aromatic heterocycles.